The first-order chi connectivity index (χ1) is 5.72. The second kappa shape index (κ2) is 3.00. The summed E-state index contributed by atoms with van der Waals surface area (Å²) >= 11 is 0. The first kappa shape index (κ1) is 8.52. The highest BCUT2D eigenvalue weighted by Crippen LogP contribution is 2.45. The molecule has 12 heavy (non-hydrogen) atoms. The van der Waals surface area contributed by atoms with Gasteiger partial charge in [0.25, 0.3) is 0 Å². The van der Waals surface area contributed by atoms with E-state index in [-0.39, 0.29) is 6.10 Å². The largest absolute Gasteiger partial charge is 0.392 e. The summed E-state index contributed by atoms with van der Waals surface area (Å²) in [7, 11) is 0. The van der Waals surface area contributed by atoms with Gasteiger partial charge in [-0.15, -0.1) is 0 Å². The lowest BCUT2D eigenvalue weighted by molar-refractivity contribution is 0.0274. The molecular formula is C10H17O2. The number of hydrogen-bond donors (Lipinski definition) is 2. The van der Waals surface area contributed by atoms with Gasteiger partial charge in [-0.1, -0.05) is 19.3 Å². The van der Waals surface area contributed by atoms with Crippen LogP contribution in [0.25, 0.3) is 0 Å². The van der Waals surface area contributed by atoms with E-state index in [2.05, 4.69) is 0 Å². The van der Waals surface area contributed by atoms with Crippen LogP contribution in [-0.4, -0.2) is 21.9 Å². The van der Waals surface area contributed by atoms with Gasteiger partial charge in [0, 0.05) is 5.92 Å². The van der Waals surface area contributed by atoms with Crippen LogP contribution in [0, 0.1) is 5.92 Å². The maximum Gasteiger partial charge on any atom is 0.0735 e. The SMILES string of the molecule is OC1CCC[C]1C1(O)CCCC1. The molecule has 0 aliphatic heterocycles. The van der Waals surface area contributed by atoms with Gasteiger partial charge in [-0.05, 0) is 25.7 Å². The molecule has 1 unspecified atom stereocenters. The Bertz CT molecular complexity index is 161. The van der Waals surface area contributed by atoms with Gasteiger partial charge in [0.05, 0.1) is 11.7 Å². The van der Waals surface area contributed by atoms with E-state index in [0.717, 1.165) is 50.9 Å². The van der Waals surface area contributed by atoms with Crippen molar-refractivity contribution in [2.24, 2.45) is 0 Å². The van der Waals surface area contributed by atoms with Crippen LogP contribution in [0.1, 0.15) is 44.9 Å². The van der Waals surface area contributed by atoms with Crippen molar-refractivity contribution in [2.75, 3.05) is 0 Å². The number of aliphatic hydroxyl groups excluding tert-OH is 1. The lowest BCUT2D eigenvalue weighted by atomic mass is 9.83. The van der Waals surface area contributed by atoms with E-state index >= 15 is 0 Å². The summed E-state index contributed by atoms with van der Waals surface area (Å²) in [5.41, 5.74) is -0.587. The molecule has 2 N–H and O–H groups in total. The summed E-state index contributed by atoms with van der Waals surface area (Å²) in [6.07, 6.45) is 6.53. The van der Waals surface area contributed by atoms with Gasteiger partial charge in [0.15, 0.2) is 0 Å². The fourth-order valence-corrected chi connectivity index (χ4v) is 2.65. The molecule has 1 radical (unpaired) electrons. The first-order valence-electron chi connectivity index (χ1n) is 4.99. The van der Waals surface area contributed by atoms with Crippen molar-refractivity contribution in [3.05, 3.63) is 5.92 Å². The Labute approximate surface area is 73.6 Å². The summed E-state index contributed by atoms with van der Waals surface area (Å²) in [5.74, 6) is 1.03. The zero-order valence-electron chi connectivity index (χ0n) is 7.42. The van der Waals surface area contributed by atoms with Crippen molar-refractivity contribution in [2.45, 2.75) is 56.7 Å². The molecule has 0 heterocycles. The van der Waals surface area contributed by atoms with E-state index in [1.807, 2.05) is 0 Å². The topological polar surface area (TPSA) is 40.5 Å². The van der Waals surface area contributed by atoms with Gasteiger partial charge in [-0.2, -0.15) is 0 Å². The first-order valence-corrected chi connectivity index (χ1v) is 4.99. The lowest BCUT2D eigenvalue weighted by Crippen LogP contribution is -2.37. The minimum Gasteiger partial charge on any atom is -0.392 e. The second-order valence-electron chi connectivity index (χ2n) is 4.17. The van der Waals surface area contributed by atoms with Gasteiger partial charge in [0.2, 0.25) is 0 Å². The highest BCUT2D eigenvalue weighted by atomic mass is 16.3. The molecule has 2 aliphatic carbocycles. The van der Waals surface area contributed by atoms with E-state index in [1.54, 1.807) is 0 Å². The number of hydrogen-bond acceptors (Lipinski definition) is 2. The van der Waals surface area contributed by atoms with Crippen molar-refractivity contribution in [1.29, 1.82) is 0 Å². The molecule has 2 rings (SSSR count). The summed E-state index contributed by atoms with van der Waals surface area (Å²) in [4.78, 5) is 0. The summed E-state index contributed by atoms with van der Waals surface area (Å²) in [6.45, 7) is 0. The van der Waals surface area contributed by atoms with Crippen molar-refractivity contribution in [3.63, 3.8) is 0 Å². The van der Waals surface area contributed by atoms with Crippen molar-refractivity contribution >= 4 is 0 Å². The average Bonchev–Trinajstić information content (AvgIpc) is 2.59. The minimum atomic E-state index is -0.587. The Morgan fingerprint density at radius 2 is 1.83 bits per heavy atom. The van der Waals surface area contributed by atoms with Crippen LogP contribution in [-0.2, 0) is 0 Å². The molecular weight excluding hydrogens is 152 g/mol. The lowest BCUT2D eigenvalue weighted by Gasteiger charge is -2.31. The zero-order chi connectivity index (χ0) is 8.60. The van der Waals surface area contributed by atoms with Gasteiger partial charge < -0.3 is 10.2 Å². The molecule has 0 saturated heterocycles. The summed E-state index contributed by atoms with van der Waals surface area (Å²) < 4.78 is 0. The maximum atomic E-state index is 10.2. The number of aliphatic hydroxyl groups is 2. The van der Waals surface area contributed by atoms with Crippen LogP contribution in [0.4, 0.5) is 0 Å². The van der Waals surface area contributed by atoms with E-state index < -0.39 is 5.60 Å². The maximum absolute atomic E-state index is 10.2. The zero-order valence-corrected chi connectivity index (χ0v) is 7.42. The molecule has 0 aromatic carbocycles. The average molecular weight is 169 g/mol. The van der Waals surface area contributed by atoms with Gasteiger partial charge in [0.1, 0.15) is 0 Å². The molecule has 0 amide bonds. The smallest absolute Gasteiger partial charge is 0.0735 e. The van der Waals surface area contributed by atoms with Crippen LogP contribution in [0.15, 0.2) is 0 Å². The van der Waals surface area contributed by atoms with Crippen molar-refractivity contribution in [3.8, 4) is 0 Å². The molecule has 2 heteroatoms. The molecule has 2 nitrogen and oxygen atoms in total. The molecule has 0 aromatic rings. The predicted octanol–water partition coefficient (Wildman–Crippen LogP) is 1.41. The summed E-state index contributed by atoms with van der Waals surface area (Å²) in [6, 6.07) is 0. The highest BCUT2D eigenvalue weighted by Gasteiger charge is 2.45. The third-order valence-electron chi connectivity index (χ3n) is 3.35. The minimum absolute atomic E-state index is 0.312. The molecule has 0 aromatic heterocycles. The van der Waals surface area contributed by atoms with Crippen LogP contribution in [0.5, 0.6) is 0 Å². The molecule has 2 aliphatic rings. The van der Waals surface area contributed by atoms with Gasteiger partial charge >= 0.3 is 0 Å². The molecule has 2 fully saturated rings. The normalized spacial score (nSPS) is 36.0. The Balaban J connectivity index is 2.06. The molecule has 0 bridgehead atoms. The van der Waals surface area contributed by atoms with Crippen molar-refractivity contribution < 1.29 is 10.2 Å². The van der Waals surface area contributed by atoms with Crippen LogP contribution < -0.4 is 0 Å². The number of rotatable bonds is 1. The summed E-state index contributed by atoms with van der Waals surface area (Å²) in [5, 5.41) is 19.8. The molecule has 69 valence electrons. The Morgan fingerprint density at radius 3 is 2.33 bits per heavy atom. The van der Waals surface area contributed by atoms with Gasteiger partial charge in [-0.25, -0.2) is 0 Å². The van der Waals surface area contributed by atoms with Crippen LogP contribution in [0.3, 0.4) is 0 Å². The molecule has 1 atom stereocenters. The van der Waals surface area contributed by atoms with Crippen molar-refractivity contribution in [1.82, 2.24) is 0 Å². The van der Waals surface area contributed by atoms with E-state index in [9.17, 15) is 10.2 Å². The van der Waals surface area contributed by atoms with Crippen LogP contribution in [0.2, 0.25) is 0 Å². The van der Waals surface area contributed by atoms with Gasteiger partial charge in [-0.3, -0.25) is 0 Å². The van der Waals surface area contributed by atoms with E-state index in [4.69, 9.17) is 0 Å². The Morgan fingerprint density at radius 1 is 1.17 bits per heavy atom. The fraction of sp³-hybridized carbons (Fsp3) is 0.900. The highest BCUT2D eigenvalue weighted by molar-refractivity contribution is 5.17. The Kier molecular flexibility index (Phi) is 2.13. The molecule has 0 spiro atoms. The fourth-order valence-electron chi connectivity index (χ4n) is 2.65. The third kappa shape index (κ3) is 1.27. The standard InChI is InChI=1S/C10H17O2/c11-9-5-3-4-8(9)10(12)6-1-2-7-10/h9,11-12H,1-7H2. The third-order valence-corrected chi connectivity index (χ3v) is 3.35. The Hall–Kier alpha value is -0.0800. The monoisotopic (exact) mass is 169 g/mol. The quantitative estimate of drug-likeness (QED) is 0.623. The molecule has 2 saturated carbocycles. The predicted molar refractivity (Wildman–Crippen MR) is 46.5 cm³/mol. The van der Waals surface area contributed by atoms with Crippen LogP contribution >= 0.6 is 0 Å². The van der Waals surface area contributed by atoms with E-state index in [0.29, 0.717) is 0 Å². The van der Waals surface area contributed by atoms with E-state index in [1.165, 1.54) is 0 Å². The second-order valence-corrected chi connectivity index (χ2v) is 4.17.